The fourth-order valence-electron chi connectivity index (χ4n) is 2.95. The zero-order chi connectivity index (χ0) is 21.0. The Bertz CT molecular complexity index is 1170. The van der Waals surface area contributed by atoms with Crippen LogP contribution >= 0.6 is 23.1 Å². The summed E-state index contributed by atoms with van der Waals surface area (Å²) in [6, 6.07) is 14.2. The van der Waals surface area contributed by atoms with Crippen molar-refractivity contribution in [3.05, 3.63) is 48.5 Å². The molecule has 0 saturated heterocycles. The van der Waals surface area contributed by atoms with E-state index >= 15 is 0 Å². The molecule has 1 aromatic heterocycles. The van der Waals surface area contributed by atoms with E-state index in [0.717, 1.165) is 21.0 Å². The van der Waals surface area contributed by atoms with Crippen molar-refractivity contribution in [2.24, 2.45) is 4.99 Å². The molecule has 7 nitrogen and oxygen atoms in total. The quantitative estimate of drug-likeness (QED) is 0.521. The van der Waals surface area contributed by atoms with Gasteiger partial charge in [-0.2, -0.15) is 0 Å². The summed E-state index contributed by atoms with van der Waals surface area (Å²) in [5, 5.41) is 2.77. The van der Waals surface area contributed by atoms with Gasteiger partial charge in [0.05, 0.1) is 15.1 Å². The van der Waals surface area contributed by atoms with Crippen molar-refractivity contribution in [1.82, 2.24) is 9.71 Å². The number of benzene rings is 2. The summed E-state index contributed by atoms with van der Waals surface area (Å²) in [6.07, 6.45) is 1.78. The van der Waals surface area contributed by atoms with E-state index < -0.39 is 10.0 Å². The zero-order valence-corrected chi connectivity index (χ0v) is 18.4. The first-order valence-electron chi connectivity index (χ1n) is 9.44. The van der Waals surface area contributed by atoms with Crippen molar-refractivity contribution in [3.63, 3.8) is 0 Å². The molecule has 3 aromatic rings. The van der Waals surface area contributed by atoms with E-state index in [1.165, 1.54) is 23.9 Å². The van der Waals surface area contributed by atoms with E-state index in [9.17, 15) is 13.2 Å². The van der Waals surface area contributed by atoms with E-state index in [0.29, 0.717) is 36.7 Å². The van der Waals surface area contributed by atoms with Gasteiger partial charge in [-0.05, 0) is 36.8 Å². The van der Waals surface area contributed by atoms with E-state index in [1.54, 1.807) is 23.5 Å². The van der Waals surface area contributed by atoms with Gasteiger partial charge in [-0.3, -0.25) is 14.5 Å². The summed E-state index contributed by atoms with van der Waals surface area (Å²) in [5.41, 5.74) is 1.41. The molecule has 156 valence electrons. The van der Waals surface area contributed by atoms with Crippen molar-refractivity contribution in [2.75, 3.05) is 17.6 Å². The molecule has 1 amide bonds. The Hall–Kier alpha value is -2.43. The van der Waals surface area contributed by atoms with Crippen molar-refractivity contribution in [2.45, 2.75) is 28.5 Å². The largest absolute Gasteiger partial charge is 0.326 e. The molecule has 0 saturated carbocycles. The summed E-state index contributed by atoms with van der Waals surface area (Å²) in [6.45, 7) is 0.642. The number of aromatic nitrogens is 1. The van der Waals surface area contributed by atoms with Gasteiger partial charge >= 0.3 is 0 Å². The van der Waals surface area contributed by atoms with Gasteiger partial charge < -0.3 is 5.32 Å². The maximum Gasteiger partial charge on any atom is 0.262 e. The van der Waals surface area contributed by atoms with Crippen molar-refractivity contribution < 1.29 is 13.2 Å². The number of para-hydroxylation sites is 1. The highest BCUT2D eigenvalue weighted by Gasteiger charge is 2.18. The van der Waals surface area contributed by atoms with Crippen molar-refractivity contribution in [3.8, 4) is 0 Å². The number of carbonyl (C=O) groups excluding carboxylic acids is 1. The average Bonchev–Trinajstić information content (AvgIpc) is 3.37. The molecule has 2 heterocycles. The lowest BCUT2D eigenvalue weighted by atomic mass is 10.3. The number of fused-ring (bicyclic) bond motifs is 1. The second-order valence-electron chi connectivity index (χ2n) is 6.66. The molecular formula is C20H20N4O3S3. The van der Waals surface area contributed by atoms with Crippen LogP contribution in [0.1, 0.15) is 19.3 Å². The molecule has 0 spiro atoms. The molecule has 0 fully saturated rings. The maximum absolute atomic E-state index is 12.5. The number of amides is 1. The lowest BCUT2D eigenvalue weighted by molar-refractivity contribution is -0.115. The minimum absolute atomic E-state index is 0.0961. The molecule has 0 unspecified atom stereocenters. The number of sulfonamides is 1. The smallest absolute Gasteiger partial charge is 0.262 e. The Kier molecular flexibility index (Phi) is 6.35. The number of thioether (sulfide) groups is 1. The monoisotopic (exact) mass is 460 g/mol. The number of amidine groups is 1. The van der Waals surface area contributed by atoms with Crippen LogP contribution in [0.4, 0.5) is 5.69 Å². The first kappa shape index (κ1) is 20.8. The molecule has 1 aliphatic heterocycles. The molecule has 30 heavy (non-hydrogen) atoms. The first-order chi connectivity index (χ1) is 14.5. The van der Waals surface area contributed by atoms with Crippen LogP contribution in [0.5, 0.6) is 0 Å². The van der Waals surface area contributed by atoms with Crippen LogP contribution in [0.3, 0.4) is 0 Å². The third kappa shape index (κ3) is 5.18. The second kappa shape index (κ2) is 9.15. The number of hydrogen-bond acceptors (Lipinski definition) is 7. The SMILES string of the molecule is O=C(CCSc1nc2ccccc2s1)Nc1cccc(S(=O)(=O)NC2=NCCC2)c1. The Morgan fingerprint density at radius 2 is 2.03 bits per heavy atom. The Morgan fingerprint density at radius 3 is 2.83 bits per heavy atom. The number of nitrogens with one attached hydrogen (secondary N) is 2. The summed E-state index contributed by atoms with van der Waals surface area (Å²) in [5.74, 6) is 0.896. The molecule has 10 heteroatoms. The molecule has 2 aromatic carbocycles. The summed E-state index contributed by atoms with van der Waals surface area (Å²) in [7, 11) is -3.71. The van der Waals surface area contributed by atoms with Crippen LogP contribution in [0.25, 0.3) is 10.2 Å². The van der Waals surface area contributed by atoms with Gasteiger partial charge in [-0.15, -0.1) is 11.3 Å². The second-order valence-corrected chi connectivity index (χ2v) is 10.7. The lowest BCUT2D eigenvalue weighted by Crippen LogP contribution is -2.29. The number of hydrogen-bond donors (Lipinski definition) is 2. The Morgan fingerprint density at radius 1 is 1.17 bits per heavy atom. The number of thiazole rings is 1. The topological polar surface area (TPSA) is 101 Å². The third-order valence-corrected chi connectivity index (χ3v) is 7.94. The van der Waals surface area contributed by atoms with Gasteiger partial charge in [-0.25, -0.2) is 13.4 Å². The minimum Gasteiger partial charge on any atom is -0.326 e. The van der Waals surface area contributed by atoms with Gasteiger partial charge in [0.2, 0.25) is 5.91 Å². The summed E-state index contributed by atoms with van der Waals surface area (Å²) >= 11 is 3.14. The van der Waals surface area contributed by atoms with Gasteiger partial charge in [0, 0.05) is 30.8 Å². The first-order valence-corrected chi connectivity index (χ1v) is 12.7. The van der Waals surface area contributed by atoms with E-state index in [1.807, 2.05) is 24.3 Å². The highest BCUT2D eigenvalue weighted by Crippen LogP contribution is 2.29. The van der Waals surface area contributed by atoms with E-state index in [2.05, 4.69) is 20.0 Å². The van der Waals surface area contributed by atoms with Crippen LogP contribution < -0.4 is 10.0 Å². The predicted molar refractivity (Wildman–Crippen MR) is 122 cm³/mol. The average molecular weight is 461 g/mol. The Balaban J connectivity index is 1.32. The van der Waals surface area contributed by atoms with Gasteiger partial charge in [0.25, 0.3) is 10.0 Å². The number of aliphatic imine (C=N–C) groups is 1. The standard InChI is InChI=1S/C20H20N4O3S3/c25-19(10-12-28-20-23-16-7-1-2-8-17(16)29-20)22-14-5-3-6-15(13-14)30(26,27)24-18-9-4-11-21-18/h1-3,5-8,13H,4,9-12H2,(H,21,24)(H,22,25). The molecule has 2 N–H and O–H groups in total. The van der Waals surface area contributed by atoms with E-state index in [-0.39, 0.29) is 10.8 Å². The van der Waals surface area contributed by atoms with Gasteiger partial charge in [0.15, 0.2) is 4.34 Å². The lowest BCUT2D eigenvalue weighted by Gasteiger charge is -2.10. The fraction of sp³-hybridized carbons (Fsp3) is 0.250. The van der Waals surface area contributed by atoms with E-state index in [4.69, 9.17) is 0 Å². The fourth-order valence-corrected chi connectivity index (χ4v) is 6.16. The number of rotatable bonds is 7. The van der Waals surface area contributed by atoms with Crippen molar-refractivity contribution in [1.29, 1.82) is 0 Å². The molecule has 1 aliphatic rings. The number of anilines is 1. The van der Waals surface area contributed by atoms with Crippen molar-refractivity contribution >= 4 is 60.8 Å². The highest BCUT2D eigenvalue weighted by atomic mass is 32.2. The third-order valence-electron chi connectivity index (χ3n) is 4.38. The van der Waals surface area contributed by atoms with Crippen LogP contribution in [-0.4, -0.2) is 37.4 Å². The normalized spacial score (nSPS) is 13.9. The maximum atomic E-state index is 12.5. The molecule has 0 atom stereocenters. The number of nitrogens with zero attached hydrogens (tertiary/aromatic N) is 2. The summed E-state index contributed by atoms with van der Waals surface area (Å²) < 4.78 is 29.6. The predicted octanol–water partition coefficient (Wildman–Crippen LogP) is 3.89. The van der Waals surface area contributed by atoms with Crippen LogP contribution in [0.15, 0.2) is 62.8 Å². The molecule has 0 aliphatic carbocycles. The number of carbonyl (C=O) groups is 1. The molecule has 4 rings (SSSR count). The van der Waals surface area contributed by atoms with Crippen LogP contribution in [0.2, 0.25) is 0 Å². The molecule has 0 radical (unpaired) electrons. The van der Waals surface area contributed by atoms with Gasteiger partial charge in [-0.1, -0.05) is 30.0 Å². The zero-order valence-electron chi connectivity index (χ0n) is 16.0. The highest BCUT2D eigenvalue weighted by molar-refractivity contribution is 8.01. The minimum atomic E-state index is -3.71. The Labute approximate surface area is 183 Å². The molecular weight excluding hydrogens is 440 g/mol. The summed E-state index contributed by atoms with van der Waals surface area (Å²) in [4.78, 5) is 21.1. The van der Waals surface area contributed by atoms with Crippen LogP contribution in [-0.2, 0) is 14.8 Å². The van der Waals surface area contributed by atoms with Crippen LogP contribution in [0, 0.1) is 0 Å². The van der Waals surface area contributed by atoms with Gasteiger partial charge in [0.1, 0.15) is 5.84 Å². The molecule has 0 bridgehead atoms.